The van der Waals surface area contributed by atoms with Gasteiger partial charge < -0.3 is 15.4 Å². The van der Waals surface area contributed by atoms with Crippen molar-refractivity contribution in [2.75, 3.05) is 33.9 Å². The molecule has 3 nitrogen and oxygen atoms in total. The predicted octanol–water partition coefficient (Wildman–Crippen LogP) is 1.08. The Morgan fingerprint density at radius 2 is 1.92 bits per heavy atom. The molecule has 3 heteroatoms. The molecule has 0 spiro atoms. The van der Waals surface area contributed by atoms with Crippen molar-refractivity contribution in [2.45, 2.75) is 32.2 Å². The van der Waals surface area contributed by atoms with Crippen LogP contribution in [0.2, 0.25) is 0 Å². The maximum Gasteiger partial charge on any atom is 0.0589 e. The SMILES string of the molecule is COCCN(C)CCCC(C)(C)N. The van der Waals surface area contributed by atoms with Crippen LogP contribution in [0.15, 0.2) is 0 Å². The van der Waals surface area contributed by atoms with E-state index in [1.807, 2.05) is 0 Å². The predicted molar refractivity (Wildman–Crippen MR) is 56.9 cm³/mol. The van der Waals surface area contributed by atoms with Crippen molar-refractivity contribution in [3.05, 3.63) is 0 Å². The van der Waals surface area contributed by atoms with E-state index in [9.17, 15) is 0 Å². The van der Waals surface area contributed by atoms with Crippen LogP contribution < -0.4 is 5.73 Å². The lowest BCUT2D eigenvalue weighted by Crippen LogP contribution is -2.33. The van der Waals surface area contributed by atoms with E-state index in [0.717, 1.165) is 32.5 Å². The lowest BCUT2D eigenvalue weighted by Gasteiger charge is -2.21. The fourth-order valence-corrected chi connectivity index (χ4v) is 1.16. The first-order chi connectivity index (χ1) is 5.95. The summed E-state index contributed by atoms with van der Waals surface area (Å²) in [5, 5.41) is 0. The molecule has 0 aliphatic heterocycles. The summed E-state index contributed by atoms with van der Waals surface area (Å²) in [6.07, 6.45) is 2.23. The van der Waals surface area contributed by atoms with Gasteiger partial charge in [0.2, 0.25) is 0 Å². The monoisotopic (exact) mass is 188 g/mol. The molecule has 0 fully saturated rings. The van der Waals surface area contributed by atoms with Crippen LogP contribution in [0.25, 0.3) is 0 Å². The Balaban J connectivity index is 3.31. The van der Waals surface area contributed by atoms with Crippen LogP contribution in [-0.4, -0.2) is 44.3 Å². The van der Waals surface area contributed by atoms with Gasteiger partial charge in [-0.25, -0.2) is 0 Å². The van der Waals surface area contributed by atoms with Gasteiger partial charge in [-0.2, -0.15) is 0 Å². The molecule has 2 N–H and O–H groups in total. The maximum atomic E-state index is 5.88. The Kier molecular flexibility index (Phi) is 6.29. The zero-order chi connectivity index (χ0) is 10.3. The third-order valence-corrected chi connectivity index (χ3v) is 2.04. The second kappa shape index (κ2) is 6.35. The van der Waals surface area contributed by atoms with Gasteiger partial charge in [0.05, 0.1) is 6.61 Å². The minimum atomic E-state index is -0.0257. The second-order valence-corrected chi connectivity index (χ2v) is 4.39. The minimum Gasteiger partial charge on any atom is -0.383 e. The highest BCUT2D eigenvalue weighted by atomic mass is 16.5. The number of methoxy groups -OCH3 is 1. The lowest BCUT2D eigenvalue weighted by molar-refractivity contribution is 0.159. The van der Waals surface area contributed by atoms with Crippen LogP contribution in [0.1, 0.15) is 26.7 Å². The van der Waals surface area contributed by atoms with Gasteiger partial charge >= 0.3 is 0 Å². The zero-order valence-corrected chi connectivity index (χ0v) is 9.47. The normalized spacial score (nSPS) is 12.5. The fraction of sp³-hybridized carbons (Fsp3) is 1.00. The average molecular weight is 188 g/mol. The van der Waals surface area contributed by atoms with Crippen molar-refractivity contribution < 1.29 is 4.74 Å². The van der Waals surface area contributed by atoms with E-state index in [2.05, 4.69) is 25.8 Å². The van der Waals surface area contributed by atoms with Crippen LogP contribution in [-0.2, 0) is 4.74 Å². The number of nitrogens with zero attached hydrogens (tertiary/aromatic N) is 1. The average Bonchev–Trinajstić information content (AvgIpc) is 1.98. The van der Waals surface area contributed by atoms with Crippen molar-refractivity contribution in [1.82, 2.24) is 4.90 Å². The summed E-state index contributed by atoms with van der Waals surface area (Å²) in [4.78, 5) is 2.27. The largest absolute Gasteiger partial charge is 0.383 e. The van der Waals surface area contributed by atoms with Crippen LogP contribution in [0, 0.1) is 0 Å². The highest BCUT2D eigenvalue weighted by molar-refractivity contribution is 4.71. The molecule has 0 aliphatic rings. The van der Waals surface area contributed by atoms with Crippen LogP contribution in [0.4, 0.5) is 0 Å². The van der Waals surface area contributed by atoms with E-state index in [4.69, 9.17) is 10.5 Å². The van der Waals surface area contributed by atoms with Crippen LogP contribution >= 0.6 is 0 Å². The fourth-order valence-electron chi connectivity index (χ4n) is 1.16. The van der Waals surface area contributed by atoms with Crippen molar-refractivity contribution in [1.29, 1.82) is 0 Å². The Hall–Kier alpha value is -0.120. The van der Waals surface area contributed by atoms with Gasteiger partial charge in [0.15, 0.2) is 0 Å². The first-order valence-electron chi connectivity index (χ1n) is 4.92. The summed E-state index contributed by atoms with van der Waals surface area (Å²) in [6.45, 7) is 7.05. The molecular weight excluding hydrogens is 164 g/mol. The van der Waals surface area contributed by atoms with Crippen LogP contribution in [0.3, 0.4) is 0 Å². The van der Waals surface area contributed by atoms with Crippen molar-refractivity contribution in [2.24, 2.45) is 5.73 Å². The Labute approximate surface area is 82.2 Å². The second-order valence-electron chi connectivity index (χ2n) is 4.39. The molecule has 80 valence electrons. The van der Waals surface area contributed by atoms with E-state index < -0.39 is 0 Å². The highest BCUT2D eigenvalue weighted by Crippen LogP contribution is 2.06. The topological polar surface area (TPSA) is 38.5 Å². The molecule has 0 aliphatic carbocycles. The van der Waals surface area contributed by atoms with Crippen molar-refractivity contribution in [3.8, 4) is 0 Å². The number of nitrogens with two attached hydrogens (primary N) is 1. The quantitative estimate of drug-likeness (QED) is 0.650. The maximum absolute atomic E-state index is 5.88. The molecule has 0 amide bonds. The molecule has 0 bridgehead atoms. The molecule has 0 saturated carbocycles. The summed E-state index contributed by atoms with van der Waals surface area (Å²) in [7, 11) is 3.85. The number of hydrogen-bond donors (Lipinski definition) is 1. The third-order valence-electron chi connectivity index (χ3n) is 2.04. The summed E-state index contributed by atoms with van der Waals surface area (Å²) >= 11 is 0. The molecule has 0 atom stereocenters. The van der Waals surface area contributed by atoms with Crippen molar-refractivity contribution >= 4 is 0 Å². The van der Waals surface area contributed by atoms with E-state index in [1.54, 1.807) is 7.11 Å². The number of likely N-dealkylation sites (N-methyl/N-ethyl adjacent to an activating group) is 1. The molecular formula is C10H24N2O. The first-order valence-corrected chi connectivity index (χ1v) is 4.92. The number of ether oxygens (including phenoxy) is 1. The van der Waals surface area contributed by atoms with Gasteiger partial charge in [-0.05, 0) is 40.3 Å². The number of rotatable bonds is 7. The van der Waals surface area contributed by atoms with E-state index in [1.165, 1.54) is 0 Å². The molecule has 0 radical (unpaired) electrons. The third kappa shape index (κ3) is 9.80. The van der Waals surface area contributed by atoms with Crippen LogP contribution in [0.5, 0.6) is 0 Å². The smallest absolute Gasteiger partial charge is 0.0589 e. The van der Waals surface area contributed by atoms with E-state index in [0.29, 0.717) is 0 Å². The standard InChI is InChI=1S/C10H24N2O/c1-10(2,11)6-5-7-12(3)8-9-13-4/h5-9,11H2,1-4H3. The molecule has 0 heterocycles. The van der Waals surface area contributed by atoms with Gasteiger partial charge in [0.1, 0.15) is 0 Å². The Morgan fingerprint density at radius 3 is 2.38 bits per heavy atom. The van der Waals surface area contributed by atoms with E-state index in [-0.39, 0.29) is 5.54 Å². The Bertz CT molecular complexity index is 121. The first kappa shape index (κ1) is 12.9. The molecule has 0 aromatic carbocycles. The van der Waals surface area contributed by atoms with Gasteiger partial charge in [-0.1, -0.05) is 0 Å². The minimum absolute atomic E-state index is 0.0257. The summed E-state index contributed by atoms with van der Waals surface area (Å²) in [5.74, 6) is 0. The van der Waals surface area contributed by atoms with Gasteiger partial charge in [0, 0.05) is 19.2 Å². The molecule has 0 rings (SSSR count). The lowest BCUT2D eigenvalue weighted by atomic mass is 10.0. The van der Waals surface area contributed by atoms with Gasteiger partial charge in [-0.15, -0.1) is 0 Å². The van der Waals surface area contributed by atoms with Gasteiger partial charge in [-0.3, -0.25) is 0 Å². The molecule has 0 aromatic heterocycles. The zero-order valence-electron chi connectivity index (χ0n) is 9.47. The Morgan fingerprint density at radius 1 is 1.31 bits per heavy atom. The summed E-state index contributed by atoms with van der Waals surface area (Å²) < 4.78 is 4.99. The molecule has 0 unspecified atom stereocenters. The molecule has 13 heavy (non-hydrogen) atoms. The van der Waals surface area contributed by atoms with E-state index >= 15 is 0 Å². The molecule has 0 aromatic rings. The summed E-state index contributed by atoms with van der Waals surface area (Å²) in [6, 6.07) is 0. The van der Waals surface area contributed by atoms with Gasteiger partial charge in [0.25, 0.3) is 0 Å². The molecule has 0 saturated heterocycles. The highest BCUT2D eigenvalue weighted by Gasteiger charge is 2.09. The van der Waals surface area contributed by atoms with Crippen molar-refractivity contribution in [3.63, 3.8) is 0 Å². The summed E-state index contributed by atoms with van der Waals surface area (Å²) in [5.41, 5.74) is 5.85. The number of hydrogen-bond acceptors (Lipinski definition) is 3.